The quantitative estimate of drug-likeness (QED) is 0.819. The van der Waals surface area contributed by atoms with E-state index in [9.17, 15) is 4.91 Å². The SMILES string of the molecule is COc1ccc(N=O)c(Nc2ccccc2C)c1. The molecule has 18 heavy (non-hydrogen) atoms. The fraction of sp³-hybridized carbons (Fsp3) is 0.143. The Kier molecular flexibility index (Phi) is 3.57. The minimum Gasteiger partial charge on any atom is -0.497 e. The third-order valence-corrected chi connectivity index (χ3v) is 2.72. The summed E-state index contributed by atoms with van der Waals surface area (Å²) in [6, 6.07) is 12.9. The standard InChI is InChI=1S/C14H14N2O2/c1-10-5-3-4-6-12(10)15-14-9-11(18-2)7-8-13(14)16-17/h3-9,15H,1-2H3. The number of para-hydroxylation sites is 1. The van der Waals surface area contributed by atoms with Crippen molar-refractivity contribution in [3.05, 3.63) is 52.9 Å². The molecular weight excluding hydrogens is 228 g/mol. The highest BCUT2D eigenvalue weighted by molar-refractivity contribution is 5.74. The number of anilines is 2. The first-order valence-corrected chi connectivity index (χ1v) is 5.58. The molecule has 92 valence electrons. The maximum Gasteiger partial charge on any atom is 0.131 e. The van der Waals surface area contributed by atoms with E-state index in [0.717, 1.165) is 11.3 Å². The van der Waals surface area contributed by atoms with E-state index in [0.29, 0.717) is 17.1 Å². The largest absolute Gasteiger partial charge is 0.497 e. The molecule has 2 aromatic rings. The predicted molar refractivity (Wildman–Crippen MR) is 72.9 cm³/mol. The van der Waals surface area contributed by atoms with E-state index in [1.165, 1.54) is 0 Å². The average Bonchev–Trinajstić information content (AvgIpc) is 2.41. The summed E-state index contributed by atoms with van der Waals surface area (Å²) in [4.78, 5) is 10.8. The second-order valence-electron chi connectivity index (χ2n) is 3.91. The van der Waals surface area contributed by atoms with Gasteiger partial charge in [0.2, 0.25) is 0 Å². The van der Waals surface area contributed by atoms with Gasteiger partial charge in [-0.3, -0.25) is 0 Å². The molecule has 0 fully saturated rings. The molecule has 2 rings (SSSR count). The Balaban J connectivity index is 2.38. The normalized spacial score (nSPS) is 9.89. The maximum atomic E-state index is 10.8. The zero-order valence-corrected chi connectivity index (χ0v) is 10.3. The number of aryl methyl sites for hydroxylation is 1. The topological polar surface area (TPSA) is 50.7 Å². The van der Waals surface area contributed by atoms with E-state index in [-0.39, 0.29) is 0 Å². The number of hydrogen-bond donors (Lipinski definition) is 1. The highest BCUT2D eigenvalue weighted by Crippen LogP contribution is 2.32. The molecule has 4 heteroatoms. The second-order valence-corrected chi connectivity index (χ2v) is 3.91. The first-order chi connectivity index (χ1) is 8.74. The van der Waals surface area contributed by atoms with Crippen molar-refractivity contribution < 1.29 is 4.74 Å². The molecule has 2 aromatic carbocycles. The van der Waals surface area contributed by atoms with Crippen LogP contribution in [-0.2, 0) is 0 Å². The van der Waals surface area contributed by atoms with Crippen LogP contribution in [0.1, 0.15) is 5.56 Å². The van der Waals surface area contributed by atoms with Gasteiger partial charge in [0.1, 0.15) is 11.4 Å². The van der Waals surface area contributed by atoms with Crippen LogP contribution in [0.4, 0.5) is 17.1 Å². The summed E-state index contributed by atoms with van der Waals surface area (Å²) in [5.41, 5.74) is 3.03. The van der Waals surface area contributed by atoms with E-state index >= 15 is 0 Å². The summed E-state index contributed by atoms with van der Waals surface area (Å²) >= 11 is 0. The molecule has 0 spiro atoms. The second kappa shape index (κ2) is 5.31. The Hall–Kier alpha value is -2.36. The van der Waals surface area contributed by atoms with Gasteiger partial charge in [0, 0.05) is 11.8 Å². The molecule has 1 N–H and O–H groups in total. The van der Waals surface area contributed by atoms with Crippen molar-refractivity contribution in [3.63, 3.8) is 0 Å². The van der Waals surface area contributed by atoms with Crippen LogP contribution in [0.15, 0.2) is 47.6 Å². The highest BCUT2D eigenvalue weighted by atomic mass is 16.5. The molecule has 0 saturated heterocycles. The van der Waals surface area contributed by atoms with Gasteiger partial charge in [-0.15, -0.1) is 4.91 Å². The Labute approximate surface area is 106 Å². The summed E-state index contributed by atoms with van der Waals surface area (Å²) in [5, 5.41) is 6.20. The van der Waals surface area contributed by atoms with Gasteiger partial charge in [0.05, 0.1) is 12.8 Å². The van der Waals surface area contributed by atoms with Gasteiger partial charge in [0.15, 0.2) is 0 Å². The Morgan fingerprint density at radius 1 is 1.11 bits per heavy atom. The van der Waals surface area contributed by atoms with Crippen LogP contribution in [0.25, 0.3) is 0 Å². The maximum absolute atomic E-state index is 10.8. The van der Waals surface area contributed by atoms with Gasteiger partial charge in [-0.2, -0.15) is 0 Å². The number of nitroso groups, excluding NO2 is 1. The number of nitrogens with one attached hydrogen (secondary N) is 1. The van der Waals surface area contributed by atoms with Crippen molar-refractivity contribution in [1.29, 1.82) is 0 Å². The Morgan fingerprint density at radius 3 is 2.56 bits per heavy atom. The number of hydrogen-bond acceptors (Lipinski definition) is 4. The van der Waals surface area contributed by atoms with E-state index < -0.39 is 0 Å². The third kappa shape index (κ3) is 2.48. The van der Waals surface area contributed by atoms with Gasteiger partial charge in [-0.1, -0.05) is 18.2 Å². The number of benzene rings is 2. The lowest BCUT2D eigenvalue weighted by molar-refractivity contribution is 0.415. The van der Waals surface area contributed by atoms with Crippen molar-refractivity contribution in [3.8, 4) is 5.75 Å². The first-order valence-electron chi connectivity index (χ1n) is 5.58. The van der Waals surface area contributed by atoms with E-state index in [2.05, 4.69) is 10.5 Å². The molecule has 4 nitrogen and oxygen atoms in total. The molecule has 0 aliphatic carbocycles. The smallest absolute Gasteiger partial charge is 0.131 e. The van der Waals surface area contributed by atoms with Gasteiger partial charge in [-0.05, 0) is 35.9 Å². The van der Waals surface area contributed by atoms with Gasteiger partial charge < -0.3 is 10.1 Å². The van der Waals surface area contributed by atoms with Crippen molar-refractivity contribution in [2.24, 2.45) is 5.18 Å². The van der Waals surface area contributed by atoms with Crippen LogP contribution in [-0.4, -0.2) is 7.11 Å². The van der Waals surface area contributed by atoms with Crippen LogP contribution in [0, 0.1) is 11.8 Å². The molecule has 0 amide bonds. The monoisotopic (exact) mass is 242 g/mol. The fourth-order valence-corrected chi connectivity index (χ4v) is 1.68. The lowest BCUT2D eigenvalue weighted by atomic mass is 10.2. The van der Waals surface area contributed by atoms with E-state index in [1.54, 1.807) is 25.3 Å². The summed E-state index contributed by atoms with van der Waals surface area (Å²) in [6.45, 7) is 2.00. The summed E-state index contributed by atoms with van der Waals surface area (Å²) < 4.78 is 5.14. The van der Waals surface area contributed by atoms with Crippen LogP contribution >= 0.6 is 0 Å². The molecule has 0 aliphatic heterocycles. The summed E-state index contributed by atoms with van der Waals surface area (Å²) in [5.74, 6) is 0.679. The van der Waals surface area contributed by atoms with Crippen LogP contribution in [0.3, 0.4) is 0 Å². The predicted octanol–water partition coefficient (Wildman–Crippen LogP) is 4.15. The van der Waals surface area contributed by atoms with Crippen molar-refractivity contribution in [2.45, 2.75) is 6.92 Å². The van der Waals surface area contributed by atoms with Gasteiger partial charge >= 0.3 is 0 Å². The van der Waals surface area contributed by atoms with Gasteiger partial charge in [-0.25, -0.2) is 0 Å². The first kappa shape index (κ1) is 12.1. The lowest BCUT2D eigenvalue weighted by Gasteiger charge is -2.11. The zero-order chi connectivity index (χ0) is 13.0. The number of nitrogens with zero attached hydrogens (tertiary/aromatic N) is 1. The lowest BCUT2D eigenvalue weighted by Crippen LogP contribution is -1.94. The Bertz CT molecular complexity index is 567. The third-order valence-electron chi connectivity index (χ3n) is 2.72. The minimum absolute atomic E-state index is 0.360. The molecule has 0 aromatic heterocycles. The number of methoxy groups -OCH3 is 1. The van der Waals surface area contributed by atoms with Crippen LogP contribution in [0.5, 0.6) is 5.75 Å². The molecule has 0 bridgehead atoms. The Morgan fingerprint density at radius 2 is 1.89 bits per heavy atom. The summed E-state index contributed by atoms with van der Waals surface area (Å²) in [6.07, 6.45) is 0. The van der Waals surface area contributed by atoms with E-state index in [4.69, 9.17) is 4.74 Å². The molecule has 0 heterocycles. The molecule has 0 aliphatic rings. The summed E-state index contributed by atoms with van der Waals surface area (Å²) in [7, 11) is 1.58. The van der Waals surface area contributed by atoms with E-state index in [1.807, 2.05) is 31.2 Å². The average molecular weight is 242 g/mol. The van der Waals surface area contributed by atoms with Crippen LogP contribution < -0.4 is 10.1 Å². The molecule has 0 saturated carbocycles. The number of rotatable bonds is 4. The van der Waals surface area contributed by atoms with Gasteiger partial charge in [0.25, 0.3) is 0 Å². The van der Waals surface area contributed by atoms with Crippen molar-refractivity contribution >= 4 is 17.1 Å². The molecule has 0 atom stereocenters. The van der Waals surface area contributed by atoms with Crippen LogP contribution in [0.2, 0.25) is 0 Å². The molecular formula is C14H14N2O2. The highest BCUT2D eigenvalue weighted by Gasteiger charge is 2.06. The molecule has 0 radical (unpaired) electrons. The number of ether oxygens (including phenoxy) is 1. The fourth-order valence-electron chi connectivity index (χ4n) is 1.68. The van der Waals surface area contributed by atoms with Crippen molar-refractivity contribution in [1.82, 2.24) is 0 Å². The zero-order valence-electron chi connectivity index (χ0n) is 10.3. The van der Waals surface area contributed by atoms with Crippen molar-refractivity contribution in [2.75, 3.05) is 12.4 Å². The molecule has 0 unspecified atom stereocenters. The minimum atomic E-state index is 0.360.